The van der Waals surface area contributed by atoms with Gasteiger partial charge in [0.25, 0.3) is 5.91 Å². The van der Waals surface area contributed by atoms with E-state index in [1.54, 1.807) is 0 Å². The number of nitrogens with zero attached hydrogens (tertiary/aromatic N) is 3. The van der Waals surface area contributed by atoms with Crippen LogP contribution in [0.25, 0.3) is 10.2 Å². The maximum absolute atomic E-state index is 13.0. The number of carbonyl (C=O) groups is 1. The number of amides is 1. The Morgan fingerprint density at radius 3 is 2.84 bits per heavy atom. The molecule has 1 aliphatic carbocycles. The smallest absolute Gasteiger partial charge is 0.266 e. The van der Waals surface area contributed by atoms with Gasteiger partial charge in [0.05, 0.1) is 5.69 Å². The molecule has 6 heteroatoms. The zero-order valence-electron chi connectivity index (χ0n) is 15.0. The van der Waals surface area contributed by atoms with Crippen molar-refractivity contribution in [3.8, 4) is 0 Å². The lowest BCUT2D eigenvalue weighted by Gasteiger charge is -2.33. The first-order chi connectivity index (χ1) is 12.1. The van der Waals surface area contributed by atoms with E-state index in [1.807, 2.05) is 4.90 Å². The van der Waals surface area contributed by atoms with E-state index in [0.29, 0.717) is 16.5 Å². The number of aryl methyl sites for hydroxylation is 1. The van der Waals surface area contributed by atoms with Gasteiger partial charge in [-0.05, 0) is 43.4 Å². The highest BCUT2D eigenvalue weighted by molar-refractivity contribution is 7.21. The third-order valence-corrected chi connectivity index (χ3v) is 6.74. The van der Waals surface area contributed by atoms with Gasteiger partial charge in [0.2, 0.25) is 0 Å². The Labute approximate surface area is 152 Å². The lowest BCUT2D eigenvalue weighted by molar-refractivity contribution is 0.0649. The molecule has 2 N–H and O–H groups in total. The molecular weight excluding hydrogens is 332 g/mol. The van der Waals surface area contributed by atoms with Gasteiger partial charge in [0.15, 0.2) is 0 Å². The minimum atomic E-state index is 0.0718. The molecule has 4 rings (SSSR count). The normalized spacial score (nSPS) is 21.5. The summed E-state index contributed by atoms with van der Waals surface area (Å²) in [5.41, 5.74) is 9.51. The van der Waals surface area contributed by atoms with Crippen molar-refractivity contribution in [2.75, 3.05) is 38.5 Å². The van der Waals surface area contributed by atoms with Gasteiger partial charge in [-0.3, -0.25) is 4.79 Å². The van der Waals surface area contributed by atoms with Gasteiger partial charge < -0.3 is 15.5 Å². The third-order valence-electron chi connectivity index (χ3n) is 5.63. The number of likely N-dealkylation sites (N-methyl/N-ethyl adjacent to an activating group) is 1. The van der Waals surface area contributed by atoms with Crippen LogP contribution in [0.1, 0.15) is 41.2 Å². The highest BCUT2D eigenvalue weighted by Gasteiger charge is 2.27. The number of carbonyl (C=O) groups excluding carboxylic acids is 1. The second-order valence-electron chi connectivity index (χ2n) is 7.37. The maximum Gasteiger partial charge on any atom is 0.266 e. The standard InChI is InChI=1S/C19H26N4OS/c1-3-22-6-8-23(9-7-22)19(24)17-16(20)14-11-13-10-12(2)4-5-15(13)21-18(14)25-17/h11-12H,3-10,20H2,1-2H3. The van der Waals surface area contributed by atoms with E-state index in [9.17, 15) is 4.79 Å². The monoisotopic (exact) mass is 358 g/mol. The molecule has 0 aromatic carbocycles. The van der Waals surface area contributed by atoms with Crippen LogP contribution in [0.15, 0.2) is 6.07 Å². The van der Waals surface area contributed by atoms with Gasteiger partial charge in [-0.25, -0.2) is 4.98 Å². The molecular formula is C19H26N4OS. The van der Waals surface area contributed by atoms with E-state index in [2.05, 4.69) is 24.8 Å². The minimum Gasteiger partial charge on any atom is -0.397 e. The number of fused-ring (bicyclic) bond motifs is 2. The summed E-state index contributed by atoms with van der Waals surface area (Å²) in [6.45, 7) is 8.93. The molecule has 2 aliphatic rings. The molecule has 2 aromatic heterocycles. The molecule has 3 heterocycles. The number of nitrogen functional groups attached to an aromatic ring is 1. The summed E-state index contributed by atoms with van der Waals surface area (Å²) < 4.78 is 0. The molecule has 0 bridgehead atoms. The zero-order chi connectivity index (χ0) is 17.6. The highest BCUT2D eigenvalue weighted by Crippen LogP contribution is 2.36. The van der Waals surface area contributed by atoms with Crippen molar-refractivity contribution in [1.82, 2.24) is 14.8 Å². The van der Waals surface area contributed by atoms with Crippen LogP contribution in [0, 0.1) is 5.92 Å². The Morgan fingerprint density at radius 2 is 2.12 bits per heavy atom. The molecule has 0 radical (unpaired) electrons. The summed E-state index contributed by atoms with van der Waals surface area (Å²) >= 11 is 1.46. The van der Waals surface area contributed by atoms with Gasteiger partial charge in [0, 0.05) is 37.3 Å². The fourth-order valence-electron chi connectivity index (χ4n) is 3.94. The lowest BCUT2D eigenvalue weighted by Crippen LogP contribution is -2.48. The van der Waals surface area contributed by atoms with Crippen LogP contribution >= 0.6 is 11.3 Å². The average molecular weight is 359 g/mol. The van der Waals surface area contributed by atoms with E-state index < -0.39 is 0 Å². The molecule has 25 heavy (non-hydrogen) atoms. The molecule has 1 amide bonds. The van der Waals surface area contributed by atoms with E-state index in [-0.39, 0.29) is 5.91 Å². The van der Waals surface area contributed by atoms with Crippen molar-refractivity contribution >= 4 is 33.1 Å². The van der Waals surface area contributed by atoms with Crippen LogP contribution in [0.2, 0.25) is 0 Å². The van der Waals surface area contributed by atoms with Crippen LogP contribution in [0.5, 0.6) is 0 Å². The average Bonchev–Trinajstić information content (AvgIpc) is 2.95. The Balaban J connectivity index is 1.64. The molecule has 5 nitrogen and oxygen atoms in total. The molecule has 134 valence electrons. The SMILES string of the molecule is CCN1CCN(C(=O)c2sc3nc4c(cc3c2N)CC(C)CC4)CC1. The number of nitrogens with two attached hydrogens (primary N) is 1. The molecule has 1 fully saturated rings. The molecule has 1 saturated heterocycles. The van der Waals surface area contributed by atoms with Crippen LogP contribution < -0.4 is 5.73 Å². The quantitative estimate of drug-likeness (QED) is 0.897. The summed E-state index contributed by atoms with van der Waals surface area (Å²) in [5, 5.41) is 0.966. The number of thiophene rings is 1. The molecule has 1 atom stereocenters. The Morgan fingerprint density at radius 1 is 1.36 bits per heavy atom. The largest absolute Gasteiger partial charge is 0.397 e. The fourth-order valence-corrected chi connectivity index (χ4v) is 5.01. The first kappa shape index (κ1) is 16.8. The summed E-state index contributed by atoms with van der Waals surface area (Å²) in [6, 6.07) is 2.19. The summed E-state index contributed by atoms with van der Waals surface area (Å²) in [4.78, 5) is 23.7. The Bertz CT molecular complexity index is 807. The van der Waals surface area contributed by atoms with Crippen LogP contribution in [-0.4, -0.2) is 53.4 Å². The number of hydrogen-bond acceptors (Lipinski definition) is 5. The third kappa shape index (κ3) is 3.02. The van der Waals surface area contributed by atoms with Gasteiger partial charge in [-0.15, -0.1) is 11.3 Å². The Hall–Kier alpha value is -1.66. The van der Waals surface area contributed by atoms with Crippen molar-refractivity contribution in [3.05, 3.63) is 22.2 Å². The Kier molecular flexibility index (Phi) is 4.41. The molecule has 1 aliphatic heterocycles. The summed E-state index contributed by atoms with van der Waals surface area (Å²) in [5.74, 6) is 0.769. The number of hydrogen-bond donors (Lipinski definition) is 1. The van der Waals surface area contributed by atoms with Crippen LogP contribution in [0.4, 0.5) is 5.69 Å². The van der Waals surface area contributed by atoms with Crippen molar-refractivity contribution in [2.45, 2.75) is 33.1 Å². The van der Waals surface area contributed by atoms with E-state index in [1.165, 1.54) is 29.0 Å². The van der Waals surface area contributed by atoms with Gasteiger partial charge in [-0.1, -0.05) is 13.8 Å². The first-order valence-corrected chi connectivity index (χ1v) is 10.1. The van der Waals surface area contributed by atoms with E-state index >= 15 is 0 Å². The van der Waals surface area contributed by atoms with Gasteiger partial charge in [-0.2, -0.15) is 0 Å². The van der Waals surface area contributed by atoms with E-state index in [4.69, 9.17) is 10.7 Å². The maximum atomic E-state index is 13.0. The van der Waals surface area contributed by atoms with Crippen molar-refractivity contribution in [2.24, 2.45) is 5.92 Å². The van der Waals surface area contributed by atoms with Gasteiger partial charge in [0.1, 0.15) is 9.71 Å². The lowest BCUT2D eigenvalue weighted by atomic mass is 9.87. The van der Waals surface area contributed by atoms with Crippen LogP contribution in [0.3, 0.4) is 0 Å². The van der Waals surface area contributed by atoms with E-state index in [0.717, 1.165) is 55.8 Å². The number of rotatable bonds is 2. The predicted octanol–water partition coefficient (Wildman–Crippen LogP) is 2.78. The molecule has 2 aromatic rings. The van der Waals surface area contributed by atoms with Crippen LogP contribution in [-0.2, 0) is 12.8 Å². The molecule has 0 saturated carbocycles. The zero-order valence-corrected chi connectivity index (χ0v) is 15.9. The highest BCUT2D eigenvalue weighted by atomic mass is 32.1. The fraction of sp³-hybridized carbons (Fsp3) is 0.579. The summed E-state index contributed by atoms with van der Waals surface area (Å²) in [6.07, 6.45) is 3.29. The van der Waals surface area contributed by atoms with Crippen molar-refractivity contribution < 1.29 is 4.79 Å². The summed E-state index contributed by atoms with van der Waals surface area (Å²) in [7, 11) is 0. The minimum absolute atomic E-state index is 0.0718. The van der Waals surface area contributed by atoms with Crippen molar-refractivity contribution in [1.29, 1.82) is 0 Å². The molecule has 0 spiro atoms. The number of anilines is 1. The number of aromatic nitrogens is 1. The van der Waals surface area contributed by atoms with Crippen molar-refractivity contribution in [3.63, 3.8) is 0 Å². The second-order valence-corrected chi connectivity index (χ2v) is 8.37. The second kappa shape index (κ2) is 6.57. The number of pyridine rings is 1. The molecule has 1 unspecified atom stereocenters. The first-order valence-electron chi connectivity index (χ1n) is 9.29. The topological polar surface area (TPSA) is 62.5 Å². The predicted molar refractivity (Wildman–Crippen MR) is 103 cm³/mol. The number of piperazine rings is 1. The van der Waals surface area contributed by atoms with Gasteiger partial charge >= 0.3 is 0 Å².